The number of H-pyrrole nitrogens is 1. The molecular formula is C26H27BrN4O3S2. The van der Waals surface area contributed by atoms with Gasteiger partial charge in [0, 0.05) is 20.8 Å². The number of nitrogens with zero attached hydrogens (tertiary/aromatic N) is 2. The number of imidazole rings is 1. The number of rotatable bonds is 6. The highest BCUT2D eigenvalue weighted by Crippen LogP contribution is 2.40. The lowest BCUT2D eigenvalue weighted by molar-refractivity contribution is -0.135. The minimum Gasteiger partial charge on any atom is -0.453 e. The summed E-state index contributed by atoms with van der Waals surface area (Å²) in [5.41, 5.74) is 3.15. The summed E-state index contributed by atoms with van der Waals surface area (Å²) in [7, 11) is 1.30. The van der Waals surface area contributed by atoms with Gasteiger partial charge in [-0.2, -0.15) is 0 Å². The summed E-state index contributed by atoms with van der Waals surface area (Å²) in [6.07, 6.45) is 2.94. The molecule has 4 heterocycles. The van der Waals surface area contributed by atoms with Gasteiger partial charge in [-0.1, -0.05) is 38.1 Å². The van der Waals surface area contributed by atoms with Gasteiger partial charge in [-0.3, -0.25) is 4.79 Å². The second kappa shape index (κ2) is 10.4. The maximum absolute atomic E-state index is 13.3. The van der Waals surface area contributed by atoms with Crippen LogP contribution in [0.4, 0.5) is 4.79 Å². The van der Waals surface area contributed by atoms with Crippen LogP contribution in [-0.2, 0) is 9.53 Å². The summed E-state index contributed by atoms with van der Waals surface area (Å²) in [5.74, 6) is 0.594. The number of carbonyl (C=O) groups excluding carboxylic acids is 2. The Morgan fingerprint density at radius 1 is 1.17 bits per heavy atom. The second-order valence-electron chi connectivity index (χ2n) is 9.20. The number of thiophene rings is 2. The van der Waals surface area contributed by atoms with E-state index >= 15 is 0 Å². The van der Waals surface area contributed by atoms with E-state index in [1.807, 2.05) is 24.9 Å². The number of alkyl carbamates (subject to hydrolysis) is 1. The maximum atomic E-state index is 13.3. The number of carbonyl (C=O) groups is 2. The molecule has 1 aromatic carbocycles. The third-order valence-corrected chi connectivity index (χ3v) is 9.34. The summed E-state index contributed by atoms with van der Waals surface area (Å²) >= 11 is 7.10. The van der Waals surface area contributed by atoms with Crippen LogP contribution < -0.4 is 5.32 Å². The minimum absolute atomic E-state index is 0.0656. The van der Waals surface area contributed by atoms with E-state index in [0.717, 1.165) is 33.7 Å². The molecule has 0 bridgehead atoms. The van der Waals surface area contributed by atoms with Crippen LogP contribution in [0.15, 0.2) is 46.4 Å². The van der Waals surface area contributed by atoms with Gasteiger partial charge >= 0.3 is 6.09 Å². The molecule has 0 spiro atoms. The van der Waals surface area contributed by atoms with Gasteiger partial charge in [0.1, 0.15) is 11.9 Å². The van der Waals surface area contributed by atoms with E-state index in [1.165, 1.54) is 27.0 Å². The molecule has 1 saturated heterocycles. The maximum Gasteiger partial charge on any atom is 0.407 e. The van der Waals surface area contributed by atoms with E-state index < -0.39 is 12.1 Å². The Morgan fingerprint density at radius 2 is 1.89 bits per heavy atom. The molecular weight excluding hydrogens is 560 g/mol. The Bertz CT molecular complexity index is 1360. The molecule has 1 fully saturated rings. The number of amides is 2. The van der Waals surface area contributed by atoms with E-state index in [9.17, 15) is 9.59 Å². The molecule has 7 nitrogen and oxygen atoms in total. The van der Waals surface area contributed by atoms with E-state index in [-0.39, 0.29) is 17.9 Å². The molecule has 0 aliphatic carbocycles. The zero-order valence-electron chi connectivity index (χ0n) is 20.2. The van der Waals surface area contributed by atoms with Crippen LogP contribution in [0.2, 0.25) is 0 Å². The molecule has 2 N–H and O–H groups in total. The van der Waals surface area contributed by atoms with Crippen molar-refractivity contribution in [2.45, 2.75) is 38.8 Å². The number of aromatic amines is 1. The van der Waals surface area contributed by atoms with Gasteiger partial charge in [-0.05, 0) is 57.9 Å². The topological polar surface area (TPSA) is 87.3 Å². The highest BCUT2D eigenvalue weighted by Gasteiger charge is 2.37. The lowest BCUT2D eigenvalue weighted by atomic mass is 10.0. The van der Waals surface area contributed by atoms with Crippen LogP contribution in [0, 0.1) is 5.92 Å². The molecule has 36 heavy (non-hydrogen) atoms. The van der Waals surface area contributed by atoms with Crippen LogP contribution >= 0.6 is 38.6 Å². The third-order valence-electron chi connectivity index (χ3n) is 6.50. The summed E-state index contributed by atoms with van der Waals surface area (Å²) in [4.78, 5) is 36.3. The van der Waals surface area contributed by atoms with E-state index in [4.69, 9.17) is 4.74 Å². The average Bonchev–Trinajstić information content (AvgIpc) is 3.65. The first-order valence-electron chi connectivity index (χ1n) is 11.8. The first kappa shape index (κ1) is 25.0. The van der Waals surface area contributed by atoms with E-state index in [1.54, 1.807) is 22.7 Å². The number of hydrogen-bond donors (Lipinski definition) is 2. The molecule has 3 aromatic heterocycles. The molecule has 10 heteroatoms. The van der Waals surface area contributed by atoms with Crippen molar-refractivity contribution in [1.82, 2.24) is 20.2 Å². The normalized spacial score (nSPS) is 16.6. The first-order chi connectivity index (χ1) is 17.3. The average molecular weight is 588 g/mol. The monoisotopic (exact) mass is 586 g/mol. The number of hydrogen-bond acceptors (Lipinski definition) is 6. The Hall–Kier alpha value is -2.69. The number of benzene rings is 1. The molecule has 1 aliphatic rings. The van der Waals surface area contributed by atoms with E-state index in [2.05, 4.69) is 67.6 Å². The molecule has 2 unspecified atom stereocenters. The molecule has 2 atom stereocenters. The predicted octanol–water partition coefficient (Wildman–Crippen LogP) is 6.83. The number of likely N-dealkylation sites (tertiary alicyclic amines) is 1. The SMILES string of the molecule is COC(=O)NC(C(=O)N1CCCC1c1ncc(-c2ccc(-c3cc4sc(Br)cc4s3)cc2)[nH]1)C(C)C. The van der Waals surface area contributed by atoms with Crippen LogP contribution in [0.5, 0.6) is 0 Å². The zero-order chi connectivity index (χ0) is 25.4. The number of nitrogens with one attached hydrogen (secondary N) is 2. The van der Waals surface area contributed by atoms with Gasteiger partial charge < -0.3 is 19.9 Å². The van der Waals surface area contributed by atoms with Gasteiger partial charge in [-0.15, -0.1) is 22.7 Å². The summed E-state index contributed by atoms with van der Waals surface area (Å²) in [5, 5.41) is 2.69. The van der Waals surface area contributed by atoms with Crippen molar-refractivity contribution in [2.75, 3.05) is 13.7 Å². The first-order valence-corrected chi connectivity index (χ1v) is 14.3. The van der Waals surface area contributed by atoms with E-state index in [0.29, 0.717) is 6.54 Å². The van der Waals surface area contributed by atoms with Gasteiger partial charge in [0.05, 0.1) is 28.8 Å². The summed E-state index contributed by atoms with van der Waals surface area (Å²) in [6.45, 7) is 4.46. The summed E-state index contributed by atoms with van der Waals surface area (Å²) < 4.78 is 8.46. The van der Waals surface area contributed by atoms with Crippen LogP contribution in [0.1, 0.15) is 38.6 Å². The van der Waals surface area contributed by atoms with Crippen molar-refractivity contribution >= 4 is 60.0 Å². The van der Waals surface area contributed by atoms with Gasteiger partial charge in [-0.25, -0.2) is 9.78 Å². The van der Waals surface area contributed by atoms with Crippen molar-refractivity contribution in [3.8, 4) is 21.7 Å². The zero-order valence-corrected chi connectivity index (χ0v) is 23.4. The molecule has 0 radical (unpaired) electrons. The lowest BCUT2D eigenvalue weighted by Gasteiger charge is -2.30. The smallest absolute Gasteiger partial charge is 0.407 e. The highest BCUT2D eigenvalue weighted by molar-refractivity contribution is 9.11. The second-order valence-corrected chi connectivity index (χ2v) is 12.7. The number of fused-ring (bicyclic) bond motifs is 1. The Kier molecular flexibility index (Phi) is 7.18. The molecule has 2 amide bonds. The Morgan fingerprint density at radius 3 is 2.58 bits per heavy atom. The number of aromatic nitrogens is 2. The fraction of sp³-hybridized carbons (Fsp3) is 0.346. The van der Waals surface area contributed by atoms with Crippen molar-refractivity contribution in [2.24, 2.45) is 5.92 Å². The van der Waals surface area contributed by atoms with Gasteiger partial charge in [0.15, 0.2) is 0 Å². The van der Waals surface area contributed by atoms with Crippen molar-refractivity contribution in [1.29, 1.82) is 0 Å². The summed E-state index contributed by atoms with van der Waals surface area (Å²) in [6, 6.07) is 12.1. The molecule has 4 aromatic rings. The number of methoxy groups -OCH3 is 1. The Balaban J connectivity index is 1.32. The number of halogens is 1. The fourth-order valence-corrected chi connectivity index (χ4v) is 7.64. The van der Waals surface area contributed by atoms with Crippen LogP contribution in [0.3, 0.4) is 0 Å². The molecule has 0 saturated carbocycles. The molecule has 188 valence electrons. The highest BCUT2D eigenvalue weighted by atomic mass is 79.9. The van der Waals surface area contributed by atoms with Crippen LogP contribution in [-0.4, -0.2) is 46.6 Å². The molecule has 1 aliphatic heterocycles. The standard InChI is InChI=1S/C26H27BrN4O3S2/c1-14(2)23(30-26(33)34-3)25(32)31-10-4-5-18(31)24-28-13-17(29-24)15-6-8-16(9-7-15)19-11-20-21(35-19)12-22(27)36-20/h6-9,11-14,18,23H,4-5,10H2,1-3H3,(H,28,29)(H,30,33). The predicted molar refractivity (Wildman–Crippen MR) is 148 cm³/mol. The Labute approximate surface area is 226 Å². The third kappa shape index (κ3) is 4.94. The minimum atomic E-state index is -0.645. The quantitative estimate of drug-likeness (QED) is 0.259. The van der Waals surface area contributed by atoms with Crippen LogP contribution in [0.25, 0.3) is 31.1 Å². The van der Waals surface area contributed by atoms with Gasteiger partial charge in [0.2, 0.25) is 5.91 Å². The largest absolute Gasteiger partial charge is 0.453 e. The fourth-order valence-electron chi connectivity index (χ4n) is 4.61. The lowest BCUT2D eigenvalue weighted by Crippen LogP contribution is -2.51. The number of ether oxygens (including phenoxy) is 1. The van der Waals surface area contributed by atoms with Crippen molar-refractivity contribution in [3.05, 3.63) is 52.2 Å². The molecule has 5 rings (SSSR count). The van der Waals surface area contributed by atoms with Gasteiger partial charge in [0.25, 0.3) is 0 Å². The van der Waals surface area contributed by atoms with Crippen molar-refractivity contribution < 1.29 is 14.3 Å². The van der Waals surface area contributed by atoms with Crippen molar-refractivity contribution in [3.63, 3.8) is 0 Å².